The van der Waals surface area contributed by atoms with Crippen LogP contribution in [0.2, 0.25) is 0 Å². The van der Waals surface area contributed by atoms with Gasteiger partial charge >= 0.3 is 0 Å². The van der Waals surface area contributed by atoms with Crippen LogP contribution < -0.4 is 0 Å². The second-order valence-electron chi connectivity index (χ2n) is 6.44. The lowest BCUT2D eigenvalue weighted by Gasteiger charge is -2.22. The standard InChI is InChI=1S/C20H18BrN5OS2/c1-12(19-22-15-9-5-6-10-16(15)29-19)26(2)17(27)11-28-20-23-18(24-25-20)13-7-3-4-8-14(13)21/h3-10,12H,11H2,1-2H3,(H,23,24,25)/t12-/m1/s1. The number of rotatable bonds is 6. The first-order valence-corrected chi connectivity index (χ1v) is 11.5. The van der Waals surface area contributed by atoms with Gasteiger partial charge in [0.25, 0.3) is 0 Å². The number of hydrogen-bond donors (Lipinski definition) is 1. The monoisotopic (exact) mass is 487 g/mol. The highest BCUT2D eigenvalue weighted by Crippen LogP contribution is 2.30. The number of para-hydroxylation sites is 1. The first-order valence-electron chi connectivity index (χ1n) is 8.94. The first-order chi connectivity index (χ1) is 14.0. The zero-order valence-electron chi connectivity index (χ0n) is 15.8. The summed E-state index contributed by atoms with van der Waals surface area (Å²) in [6.07, 6.45) is 0. The maximum Gasteiger partial charge on any atom is 0.233 e. The first kappa shape index (κ1) is 20.1. The summed E-state index contributed by atoms with van der Waals surface area (Å²) in [7, 11) is 1.81. The molecule has 0 aliphatic heterocycles. The van der Waals surface area contributed by atoms with Crippen LogP contribution in [0.4, 0.5) is 0 Å². The Hall–Kier alpha value is -2.23. The van der Waals surface area contributed by atoms with Crippen LogP contribution in [-0.2, 0) is 4.79 Å². The van der Waals surface area contributed by atoms with Crippen molar-refractivity contribution >= 4 is 55.2 Å². The van der Waals surface area contributed by atoms with Crippen molar-refractivity contribution < 1.29 is 4.79 Å². The van der Waals surface area contributed by atoms with Crippen LogP contribution in [0.15, 0.2) is 58.2 Å². The fraction of sp³-hybridized carbons (Fsp3) is 0.200. The van der Waals surface area contributed by atoms with Gasteiger partial charge in [0.2, 0.25) is 11.1 Å². The summed E-state index contributed by atoms with van der Waals surface area (Å²) in [6.45, 7) is 2.00. The third kappa shape index (κ3) is 4.36. The molecule has 29 heavy (non-hydrogen) atoms. The van der Waals surface area contributed by atoms with E-state index < -0.39 is 0 Å². The number of nitrogens with zero attached hydrogens (tertiary/aromatic N) is 4. The second-order valence-corrected chi connectivity index (χ2v) is 9.29. The van der Waals surface area contributed by atoms with Crippen molar-refractivity contribution in [2.45, 2.75) is 18.1 Å². The highest BCUT2D eigenvalue weighted by Gasteiger charge is 2.21. The molecule has 0 saturated heterocycles. The topological polar surface area (TPSA) is 74.8 Å². The van der Waals surface area contributed by atoms with E-state index >= 15 is 0 Å². The summed E-state index contributed by atoms with van der Waals surface area (Å²) in [6, 6.07) is 15.7. The maximum atomic E-state index is 12.7. The number of benzene rings is 2. The number of nitrogens with one attached hydrogen (secondary N) is 1. The number of amides is 1. The van der Waals surface area contributed by atoms with Gasteiger partial charge in [-0.2, -0.15) is 0 Å². The number of thioether (sulfide) groups is 1. The van der Waals surface area contributed by atoms with Crippen molar-refractivity contribution in [2.75, 3.05) is 12.8 Å². The fourth-order valence-electron chi connectivity index (χ4n) is 2.76. The Morgan fingerprint density at radius 3 is 2.76 bits per heavy atom. The van der Waals surface area contributed by atoms with Crippen molar-refractivity contribution in [1.82, 2.24) is 25.1 Å². The van der Waals surface area contributed by atoms with Crippen LogP contribution in [0.5, 0.6) is 0 Å². The van der Waals surface area contributed by atoms with Gasteiger partial charge in [-0.15, -0.1) is 16.4 Å². The molecule has 2 aromatic carbocycles. The van der Waals surface area contributed by atoms with Crippen molar-refractivity contribution in [1.29, 1.82) is 0 Å². The molecule has 4 rings (SSSR count). The molecular formula is C20H18BrN5OS2. The number of aromatic nitrogens is 4. The molecule has 0 saturated carbocycles. The molecule has 148 valence electrons. The largest absolute Gasteiger partial charge is 0.336 e. The summed E-state index contributed by atoms with van der Waals surface area (Å²) >= 11 is 6.45. The molecule has 6 nitrogen and oxygen atoms in total. The smallest absolute Gasteiger partial charge is 0.233 e. The maximum absolute atomic E-state index is 12.7. The van der Waals surface area contributed by atoms with Crippen LogP contribution in [0, 0.1) is 0 Å². The van der Waals surface area contributed by atoms with Crippen molar-refractivity contribution in [3.05, 3.63) is 58.0 Å². The summed E-state index contributed by atoms with van der Waals surface area (Å²) < 4.78 is 2.07. The highest BCUT2D eigenvalue weighted by atomic mass is 79.9. The summed E-state index contributed by atoms with van der Waals surface area (Å²) in [5.74, 6) is 0.941. The molecule has 1 atom stereocenters. The Bertz CT molecular complexity index is 1130. The molecule has 0 radical (unpaired) electrons. The van der Waals surface area contributed by atoms with Gasteiger partial charge in [0, 0.05) is 17.1 Å². The van der Waals surface area contributed by atoms with E-state index in [9.17, 15) is 4.79 Å². The number of H-pyrrole nitrogens is 1. The van der Waals surface area contributed by atoms with Gasteiger partial charge in [0.1, 0.15) is 5.01 Å². The molecule has 2 aromatic heterocycles. The van der Waals surface area contributed by atoms with Gasteiger partial charge in [-0.05, 0) is 25.1 Å². The minimum atomic E-state index is -0.0940. The minimum absolute atomic E-state index is 0.00833. The number of hydrogen-bond acceptors (Lipinski definition) is 6. The number of aromatic amines is 1. The molecule has 0 bridgehead atoms. The van der Waals surface area contributed by atoms with E-state index in [1.165, 1.54) is 11.8 Å². The fourth-order valence-corrected chi connectivity index (χ4v) is 5.02. The third-order valence-electron chi connectivity index (χ3n) is 4.56. The molecule has 0 unspecified atom stereocenters. The number of carbonyl (C=O) groups excluding carboxylic acids is 1. The van der Waals surface area contributed by atoms with E-state index in [1.807, 2.05) is 62.5 Å². The molecule has 0 fully saturated rings. The molecule has 2 heterocycles. The van der Waals surface area contributed by atoms with Crippen molar-refractivity contribution in [3.8, 4) is 11.4 Å². The van der Waals surface area contributed by atoms with E-state index in [1.54, 1.807) is 16.2 Å². The van der Waals surface area contributed by atoms with Crippen LogP contribution in [-0.4, -0.2) is 43.8 Å². The van der Waals surface area contributed by atoms with Crippen LogP contribution >= 0.6 is 39.0 Å². The second kappa shape index (κ2) is 8.64. The van der Waals surface area contributed by atoms with Crippen LogP contribution in [0.1, 0.15) is 18.0 Å². The Morgan fingerprint density at radius 2 is 1.97 bits per heavy atom. The van der Waals surface area contributed by atoms with E-state index in [0.29, 0.717) is 11.0 Å². The van der Waals surface area contributed by atoms with Crippen LogP contribution in [0.3, 0.4) is 0 Å². The predicted octanol–water partition coefficient (Wildman–Crippen LogP) is 5.16. The predicted molar refractivity (Wildman–Crippen MR) is 121 cm³/mol. The van der Waals surface area contributed by atoms with Gasteiger partial charge in [-0.25, -0.2) is 9.97 Å². The van der Waals surface area contributed by atoms with Gasteiger partial charge in [0.15, 0.2) is 5.82 Å². The number of fused-ring (bicyclic) bond motifs is 1. The molecule has 0 aliphatic rings. The highest BCUT2D eigenvalue weighted by molar-refractivity contribution is 9.10. The Morgan fingerprint density at radius 1 is 1.21 bits per heavy atom. The molecule has 0 aliphatic carbocycles. The molecule has 1 amide bonds. The summed E-state index contributed by atoms with van der Waals surface area (Å²) in [5, 5.41) is 8.63. The SMILES string of the molecule is C[C@H](c1nc2ccccc2s1)N(C)C(=O)CSc1n[nH]c(-c2ccccc2Br)n1. The van der Waals surface area contributed by atoms with E-state index in [2.05, 4.69) is 36.1 Å². The van der Waals surface area contributed by atoms with E-state index in [4.69, 9.17) is 0 Å². The lowest BCUT2D eigenvalue weighted by atomic mass is 10.2. The number of carbonyl (C=O) groups is 1. The zero-order chi connectivity index (χ0) is 20.4. The average molecular weight is 488 g/mol. The lowest BCUT2D eigenvalue weighted by Crippen LogP contribution is -2.31. The van der Waals surface area contributed by atoms with Crippen molar-refractivity contribution in [3.63, 3.8) is 0 Å². The Kier molecular flexibility index (Phi) is 5.98. The van der Waals surface area contributed by atoms with Crippen molar-refractivity contribution in [2.24, 2.45) is 0 Å². The van der Waals surface area contributed by atoms with Gasteiger partial charge in [0.05, 0.1) is 22.0 Å². The van der Waals surface area contributed by atoms with E-state index in [-0.39, 0.29) is 17.7 Å². The molecule has 9 heteroatoms. The Balaban J connectivity index is 1.40. The minimum Gasteiger partial charge on any atom is -0.336 e. The normalized spacial score (nSPS) is 12.2. The number of halogens is 1. The molecule has 4 aromatic rings. The summed E-state index contributed by atoms with van der Waals surface area (Å²) in [4.78, 5) is 23.6. The summed E-state index contributed by atoms with van der Waals surface area (Å²) in [5.41, 5.74) is 1.90. The molecular weight excluding hydrogens is 470 g/mol. The van der Waals surface area contributed by atoms with Gasteiger partial charge in [-0.1, -0.05) is 58.0 Å². The van der Waals surface area contributed by atoms with Gasteiger partial charge in [-0.3, -0.25) is 9.89 Å². The molecule has 0 spiro atoms. The Labute approximate surface area is 184 Å². The van der Waals surface area contributed by atoms with Crippen LogP contribution in [0.25, 0.3) is 21.6 Å². The van der Waals surface area contributed by atoms with Gasteiger partial charge < -0.3 is 4.90 Å². The zero-order valence-corrected chi connectivity index (χ0v) is 19.0. The van der Waals surface area contributed by atoms with E-state index in [0.717, 1.165) is 25.3 Å². The quantitative estimate of drug-likeness (QED) is 0.380. The average Bonchev–Trinajstić information content (AvgIpc) is 3.38. The number of thiazole rings is 1. The lowest BCUT2D eigenvalue weighted by molar-refractivity contribution is -0.128. The molecule has 1 N–H and O–H groups in total. The third-order valence-corrected chi connectivity index (χ3v) is 7.29.